The quantitative estimate of drug-likeness (QED) is 0.538. The Morgan fingerprint density at radius 3 is 2.66 bits per heavy atom. The van der Waals surface area contributed by atoms with E-state index >= 15 is 0 Å². The summed E-state index contributed by atoms with van der Waals surface area (Å²) >= 11 is 6.11. The van der Waals surface area contributed by atoms with Crippen LogP contribution in [0.3, 0.4) is 0 Å². The van der Waals surface area contributed by atoms with Crippen LogP contribution < -0.4 is 5.32 Å². The average Bonchev–Trinajstić information content (AvgIpc) is 3.21. The lowest BCUT2D eigenvalue weighted by Gasteiger charge is -2.25. The minimum absolute atomic E-state index is 0.0655. The predicted octanol–water partition coefficient (Wildman–Crippen LogP) is 3.36. The molecule has 2 aromatic carbocycles. The summed E-state index contributed by atoms with van der Waals surface area (Å²) < 4.78 is 29.0. The molecule has 0 bridgehead atoms. The van der Waals surface area contributed by atoms with Gasteiger partial charge in [-0.3, -0.25) is 4.79 Å². The third kappa shape index (κ3) is 5.11. The van der Waals surface area contributed by atoms with Gasteiger partial charge in [-0.05, 0) is 49.1 Å². The van der Waals surface area contributed by atoms with Crippen molar-refractivity contribution in [2.75, 3.05) is 13.1 Å². The van der Waals surface area contributed by atoms with Crippen LogP contribution in [-0.4, -0.2) is 46.7 Å². The Labute approximate surface area is 192 Å². The molecule has 0 unspecified atom stereocenters. The van der Waals surface area contributed by atoms with Crippen molar-refractivity contribution >= 4 is 38.6 Å². The van der Waals surface area contributed by atoms with E-state index < -0.39 is 10.0 Å². The molecular weight excluding hydrogens is 450 g/mol. The van der Waals surface area contributed by atoms with E-state index in [0.717, 1.165) is 30.3 Å². The fourth-order valence-corrected chi connectivity index (χ4v) is 5.59. The van der Waals surface area contributed by atoms with Crippen molar-refractivity contribution < 1.29 is 13.2 Å². The van der Waals surface area contributed by atoms with Gasteiger partial charge in [-0.15, -0.1) is 5.10 Å². The van der Waals surface area contributed by atoms with Crippen LogP contribution in [0.1, 0.15) is 37.7 Å². The van der Waals surface area contributed by atoms with Crippen molar-refractivity contribution in [2.24, 2.45) is 0 Å². The lowest BCUT2D eigenvalue weighted by molar-refractivity contribution is -0.121. The normalized spacial score (nSPS) is 15.2. The number of nitrogens with one attached hydrogen (secondary N) is 1. The second-order valence-corrected chi connectivity index (χ2v) is 10.2. The van der Waals surface area contributed by atoms with Gasteiger partial charge in [0.05, 0.1) is 10.4 Å². The Morgan fingerprint density at radius 1 is 1.09 bits per heavy atom. The molecule has 0 saturated carbocycles. The van der Waals surface area contributed by atoms with Gasteiger partial charge in [-0.2, -0.15) is 4.31 Å². The largest absolute Gasteiger partial charge is 0.352 e. The number of piperidine rings is 1. The number of fused-ring (bicyclic) bond motifs is 1. The van der Waals surface area contributed by atoms with Crippen LogP contribution in [0.15, 0.2) is 47.4 Å². The molecule has 3 aromatic rings. The lowest BCUT2D eigenvalue weighted by Crippen LogP contribution is -2.35. The molecule has 1 aliphatic rings. The first-order valence-corrected chi connectivity index (χ1v) is 12.6. The highest BCUT2D eigenvalue weighted by atomic mass is 35.5. The number of sulfonamides is 1. The second-order valence-electron chi connectivity index (χ2n) is 7.90. The van der Waals surface area contributed by atoms with Crippen LogP contribution in [0.5, 0.6) is 0 Å². The summed E-state index contributed by atoms with van der Waals surface area (Å²) in [5.41, 5.74) is 2.16. The second kappa shape index (κ2) is 9.97. The standard InChI is InChI=1S/C22H26ClN5O3S/c23-19-8-3-2-7-17(19)16-24-22(29)9-6-14-28-21-11-10-18(15-20(21)25-26-28)32(30,31)27-12-4-1-5-13-27/h2-3,7-8,10-11,15H,1,4-6,9,12-14,16H2,(H,24,29). The van der Waals surface area contributed by atoms with E-state index in [1.165, 1.54) is 0 Å². The number of carbonyl (C=O) groups is 1. The van der Waals surface area contributed by atoms with E-state index in [2.05, 4.69) is 15.6 Å². The highest BCUT2D eigenvalue weighted by Gasteiger charge is 2.26. The van der Waals surface area contributed by atoms with Crippen molar-refractivity contribution in [3.63, 3.8) is 0 Å². The molecule has 8 nitrogen and oxygen atoms in total. The zero-order valence-electron chi connectivity index (χ0n) is 17.7. The molecule has 4 rings (SSSR count). The maximum absolute atomic E-state index is 12.9. The molecule has 1 aromatic heterocycles. The Bertz CT molecular complexity index is 1210. The van der Waals surface area contributed by atoms with Gasteiger partial charge >= 0.3 is 0 Å². The molecule has 0 spiro atoms. The summed E-state index contributed by atoms with van der Waals surface area (Å²) in [6, 6.07) is 12.3. The predicted molar refractivity (Wildman–Crippen MR) is 123 cm³/mol. The molecule has 170 valence electrons. The number of aryl methyl sites for hydroxylation is 1. The fraction of sp³-hybridized carbons (Fsp3) is 0.409. The number of halogens is 1. The van der Waals surface area contributed by atoms with Gasteiger partial charge in [0.1, 0.15) is 5.52 Å². The van der Waals surface area contributed by atoms with E-state index in [-0.39, 0.29) is 10.8 Å². The Kier molecular flexibility index (Phi) is 7.07. The summed E-state index contributed by atoms with van der Waals surface area (Å²) in [7, 11) is -3.51. The molecule has 0 radical (unpaired) electrons. The summed E-state index contributed by atoms with van der Waals surface area (Å²) in [5, 5.41) is 11.8. The van der Waals surface area contributed by atoms with E-state index in [1.54, 1.807) is 33.3 Å². The molecule has 1 fully saturated rings. The van der Waals surface area contributed by atoms with Crippen molar-refractivity contribution in [2.45, 2.75) is 50.1 Å². The molecule has 1 saturated heterocycles. The first-order valence-electron chi connectivity index (χ1n) is 10.8. The Balaban J connectivity index is 1.34. The number of amides is 1. The summed E-state index contributed by atoms with van der Waals surface area (Å²) in [5.74, 6) is -0.0655. The third-order valence-corrected chi connectivity index (χ3v) is 7.91. The van der Waals surface area contributed by atoms with Gasteiger partial charge in [0.15, 0.2) is 0 Å². The number of hydrogen-bond acceptors (Lipinski definition) is 5. The molecule has 2 heterocycles. The van der Waals surface area contributed by atoms with Gasteiger partial charge < -0.3 is 5.32 Å². The summed E-state index contributed by atoms with van der Waals surface area (Å²) in [4.78, 5) is 12.4. The number of rotatable bonds is 8. The fourth-order valence-electron chi connectivity index (χ4n) is 3.85. The van der Waals surface area contributed by atoms with Gasteiger partial charge in [-0.25, -0.2) is 13.1 Å². The zero-order valence-corrected chi connectivity index (χ0v) is 19.3. The molecule has 0 aliphatic carbocycles. The van der Waals surface area contributed by atoms with Crippen molar-refractivity contribution in [3.05, 3.63) is 53.1 Å². The van der Waals surface area contributed by atoms with Gasteiger partial charge in [0, 0.05) is 37.6 Å². The molecule has 10 heteroatoms. The highest BCUT2D eigenvalue weighted by Crippen LogP contribution is 2.23. The summed E-state index contributed by atoms with van der Waals surface area (Å²) in [6.45, 7) is 2.02. The number of aromatic nitrogens is 3. The molecule has 32 heavy (non-hydrogen) atoms. The maximum atomic E-state index is 12.9. The SMILES string of the molecule is O=C(CCCn1nnc2cc(S(=O)(=O)N3CCCCC3)ccc21)NCc1ccccc1Cl. The van der Waals surface area contributed by atoms with Crippen molar-refractivity contribution in [3.8, 4) is 0 Å². The van der Waals surface area contributed by atoms with Crippen molar-refractivity contribution in [1.82, 2.24) is 24.6 Å². The number of benzene rings is 2. The van der Waals surface area contributed by atoms with Crippen LogP contribution in [0.2, 0.25) is 5.02 Å². The van der Waals surface area contributed by atoms with Gasteiger partial charge in [0.25, 0.3) is 0 Å². The van der Waals surface area contributed by atoms with Crippen LogP contribution in [-0.2, 0) is 27.9 Å². The van der Waals surface area contributed by atoms with Crippen LogP contribution in [0.25, 0.3) is 11.0 Å². The average molecular weight is 476 g/mol. The van der Waals surface area contributed by atoms with Crippen LogP contribution in [0.4, 0.5) is 0 Å². The highest BCUT2D eigenvalue weighted by molar-refractivity contribution is 7.89. The maximum Gasteiger partial charge on any atom is 0.243 e. The third-order valence-electron chi connectivity index (χ3n) is 5.65. The summed E-state index contributed by atoms with van der Waals surface area (Å²) in [6.07, 6.45) is 3.78. The lowest BCUT2D eigenvalue weighted by atomic mass is 10.2. The Morgan fingerprint density at radius 2 is 1.88 bits per heavy atom. The van der Waals surface area contributed by atoms with Gasteiger partial charge in [0.2, 0.25) is 15.9 Å². The number of hydrogen-bond donors (Lipinski definition) is 1. The molecular formula is C22H26ClN5O3S. The molecule has 1 amide bonds. The first-order chi connectivity index (χ1) is 15.4. The topological polar surface area (TPSA) is 97.2 Å². The van der Waals surface area contributed by atoms with E-state index in [4.69, 9.17) is 11.6 Å². The Hall–Kier alpha value is -2.49. The van der Waals surface area contributed by atoms with Crippen LogP contribution >= 0.6 is 11.6 Å². The van der Waals surface area contributed by atoms with Crippen molar-refractivity contribution in [1.29, 1.82) is 0 Å². The minimum atomic E-state index is -3.51. The van der Waals surface area contributed by atoms with E-state index in [9.17, 15) is 13.2 Å². The molecule has 0 atom stereocenters. The number of carbonyl (C=O) groups excluding carboxylic acids is 1. The van der Waals surface area contributed by atoms with E-state index in [1.807, 2.05) is 18.2 Å². The monoisotopic (exact) mass is 475 g/mol. The number of nitrogens with zero attached hydrogens (tertiary/aromatic N) is 4. The van der Waals surface area contributed by atoms with Gasteiger partial charge in [-0.1, -0.05) is 41.4 Å². The molecule has 1 N–H and O–H groups in total. The van der Waals surface area contributed by atoms with E-state index in [0.29, 0.717) is 49.6 Å². The first kappa shape index (κ1) is 22.7. The zero-order chi connectivity index (χ0) is 22.6. The molecule has 1 aliphatic heterocycles. The smallest absolute Gasteiger partial charge is 0.243 e. The minimum Gasteiger partial charge on any atom is -0.352 e. The van der Waals surface area contributed by atoms with Crippen LogP contribution in [0, 0.1) is 0 Å².